The topological polar surface area (TPSA) is 141 Å². The van der Waals surface area contributed by atoms with Crippen molar-refractivity contribution in [1.82, 2.24) is 0 Å². The van der Waals surface area contributed by atoms with Crippen LogP contribution in [0.15, 0.2) is 26.5 Å². The van der Waals surface area contributed by atoms with Crippen molar-refractivity contribution in [2.45, 2.75) is 44.6 Å². The first-order valence-electron chi connectivity index (χ1n) is 10.1. The summed E-state index contributed by atoms with van der Waals surface area (Å²) in [4.78, 5) is 16.8. The van der Waals surface area contributed by atoms with E-state index in [1.165, 1.54) is 11.1 Å². The van der Waals surface area contributed by atoms with Gasteiger partial charge < -0.3 is 20.5 Å². The summed E-state index contributed by atoms with van der Waals surface area (Å²) >= 11 is 0. The molecular formula is C20H27N5O4S. The van der Waals surface area contributed by atoms with Crippen LogP contribution in [0.1, 0.15) is 35.1 Å². The maximum atomic E-state index is 13.0. The van der Waals surface area contributed by atoms with Gasteiger partial charge in [-0.1, -0.05) is 6.07 Å². The molecule has 30 heavy (non-hydrogen) atoms. The first kappa shape index (κ1) is 20.8. The Balaban J connectivity index is 1.60. The molecular weight excluding hydrogens is 406 g/mol. The number of hydrogen-bond donors (Lipinski definition) is 3. The lowest BCUT2D eigenvalue weighted by atomic mass is 9.99. The van der Waals surface area contributed by atoms with Gasteiger partial charge in [0.15, 0.2) is 9.92 Å². The van der Waals surface area contributed by atoms with Crippen molar-refractivity contribution < 1.29 is 18.5 Å². The molecule has 0 saturated carbocycles. The number of urea groups is 1. The first-order valence-corrected chi connectivity index (χ1v) is 11.7. The van der Waals surface area contributed by atoms with E-state index in [4.69, 9.17) is 20.3 Å². The maximum absolute atomic E-state index is 13.0. The van der Waals surface area contributed by atoms with E-state index in [1.54, 1.807) is 7.11 Å². The summed E-state index contributed by atoms with van der Waals surface area (Å²) in [6.45, 7) is 0.532. The van der Waals surface area contributed by atoms with E-state index >= 15 is 0 Å². The van der Waals surface area contributed by atoms with E-state index in [9.17, 15) is 9.00 Å². The number of nitrogens with zero attached hydrogens (tertiary/aromatic N) is 2. The number of aryl methyl sites for hydroxylation is 2. The van der Waals surface area contributed by atoms with Gasteiger partial charge in [0.1, 0.15) is 17.6 Å². The van der Waals surface area contributed by atoms with Crippen LogP contribution in [0.3, 0.4) is 0 Å². The summed E-state index contributed by atoms with van der Waals surface area (Å²) in [5, 5.41) is 8.77. The van der Waals surface area contributed by atoms with Crippen LogP contribution in [0, 0.1) is 0 Å². The molecule has 0 spiro atoms. The fraction of sp³-hybridized carbons (Fsp3) is 0.500. The summed E-state index contributed by atoms with van der Waals surface area (Å²) in [6, 6.07) is 1.51. The van der Waals surface area contributed by atoms with Crippen LogP contribution in [-0.2, 0) is 45.1 Å². The highest BCUT2D eigenvalue weighted by atomic mass is 32.2. The molecule has 1 aromatic carbocycles. The molecule has 3 aliphatic rings. The van der Waals surface area contributed by atoms with E-state index in [0.717, 1.165) is 61.5 Å². The third-order valence-electron chi connectivity index (χ3n) is 5.78. The highest BCUT2D eigenvalue weighted by Crippen LogP contribution is 2.38. The van der Waals surface area contributed by atoms with E-state index < -0.39 is 15.9 Å². The molecule has 0 fully saturated rings. The van der Waals surface area contributed by atoms with Crippen molar-refractivity contribution in [3.63, 3.8) is 0 Å². The standard InChI is InChI=1S/C20H27N5O4S/c1-28-14-10-23-19(29-11-14)17(9-21)30(22,27)25-20(26)24-18-15-6-2-4-12(15)8-13-5-3-7-16(13)18/h8-9,14H,2-7,10-11,21H2,1H3,(H3,22,24,25,26,27)/b17-9+/t14-,30?/m0/s1. The quantitative estimate of drug-likeness (QED) is 0.664. The molecule has 4 rings (SSSR count). The molecule has 2 aliphatic carbocycles. The predicted molar refractivity (Wildman–Crippen MR) is 116 cm³/mol. The molecule has 162 valence electrons. The molecule has 2 atom stereocenters. The van der Waals surface area contributed by atoms with E-state index in [0.29, 0.717) is 6.54 Å². The lowest BCUT2D eigenvalue weighted by Crippen LogP contribution is -2.33. The van der Waals surface area contributed by atoms with Crippen LogP contribution in [-0.4, -0.2) is 42.5 Å². The average Bonchev–Trinajstić information content (AvgIpc) is 3.37. The fourth-order valence-electron chi connectivity index (χ4n) is 4.31. The normalized spacial score (nSPS) is 22.4. The van der Waals surface area contributed by atoms with Gasteiger partial charge in [-0.3, -0.25) is 0 Å². The molecule has 1 unspecified atom stereocenters. The van der Waals surface area contributed by atoms with Crippen molar-refractivity contribution in [1.29, 1.82) is 0 Å². The zero-order chi connectivity index (χ0) is 21.3. The minimum absolute atomic E-state index is 0.0244. The largest absolute Gasteiger partial charge is 0.474 e. The Labute approximate surface area is 176 Å². The number of benzene rings is 1. The van der Waals surface area contributed by atoms with Gasteiger partial charge in [0.2, 0.25) is 5.90 Å². The Morgan fingerprint density at radius 1 is 1.30 bits per heavy atom. The highest BCUT2D eigenvalue weighted by molar-refractivity contribution is 7.96. The Hall–Kier alpha value is -2.43. The van der Waals surface area contributed by atoms with Crippen LogP contribution in [0.4, 0.5) is 10.5 Å². The number of ether oxygens (including phenoxy) is 2. The Bertz CT molecular complexity index is 1020. The molecule has 0 aromatic heterocycles. The number of carbonyl (C=O) groups excluding carboxylic acids is 1. The van der Waals surface area contributed by atoms with Crippen LogP contribution in [0.2, 0.25) is 0 Å². The minimum atomic E-state index is -3.64. The molecule has 1 aliphatic heterocycles. The summed E-state index contributed by atoms with van der Waals surface area (Å²) in [6.07, 6.45) is 6.79. The Kier molecular flexibility index (Phi) is 5.81. The monoisotopic (exact) mass is 433 g/mol. The van der Waals surface area contributed by atoms with Crippen molar-refractivity contribution in [2.24, 2.45) is 20.2 Å². The number of hydrogen-bond acceptors (Lipinski definition) is 6. The van der Waals surface area contributed by atoms with Crippen molar-refractivity contribution >= 4 is 27.5 Å². The summed E-state index contributed by atoms with van der Waals surface area (Å²) in [7, 11) is -2.09. The zero-order valence-electron chi connectivity index (χ0n) is 17.0. The molecule has 9 nitrogen and oxygen atoms in total. The molecule has 0 saturated heterocycles. The molecule has 0 bridgehead atoms. The molecule has 1 heterocycles. The number of rotatable bonds is 4. The summed E-state index contributed by atoms with van der Waals surface area (Å²) in [5.74, 6) is 0.0244. The predicted octanol–water partition coefficient (Wildman–Crippen LogP) is 1.78. The molecule has 1 aromatic rings. The van der Waals surface area contributed by atoms with E-state index in [1.807, 2.05) is 0 Å². The molecule has 2 amide bonds. The number of aliphatic imine (C=N–C) groups is 1. The average molecular weight is 434 g/mol. The van der Waals surface area contributed by atoms with E-state index in [2.05, 4.69) is 20.7 Å². The van der Waals surface area contributed by atoms with Crippen LogP contribution >= 0.6 is 0 Å². The Morgan fingerprint density at radius 3 is 2.50 bits per heavy atom. The number of amides is 2. The van der Waals surface area contributed by atoms with Gasteiger partial charge in [-0.15, -0.1) is 4.36 Å². The van der Waals surface area contributed by atoms with Gasteiger partial charge in [-0.05, 0) is 60.8 Å². The summed E-state index contributed by atoms with van der Waals surface area (Å²) in [5.41, 5.74) is 11.3. The number of anilines is 1. The molecule has 5 N–H and O–H groups in total. The second-order valence-corrected chi connectivity index (χ2v) is 9.43. The van der Waals surface area contributed by atoms with Crippen molar-refractivity contribution in [2.75, 3.05) is 25.6 Å². The second-order valence-electron chi connectivity index (χ2n) is 7.67. The lowest BCUT2D eigenvalue weighted by molar-refractivity contribution is 0.0508. The highest BCUT2D eigenvalue weighted by Gasteiger charge is 2.27. The molecule has 0 radical (unpaired) electrons. The van der Waals surface area contributed by atoms with Gasteiger partial charge in [0, 0.05) is 19.0 Å². The van der Waals surface area contributed by atoms with Crippen LogP contribution < -0.4 is 16.2 Å². The van der Waals surface area contributed by atoms with Gasteiger partial charge in [0.05, 0.1) is 6.54 Å². The van der Waals surface area contributed by atoms with Crippen molar-refractivity contribution in [3.05, 3.63) is 39.4 Å². The van der Waals surface area contributed by atoms with E-state index in [-0.39, 0.29) is 23.5 Å². The lowest BCUT2D eigenvalue weighted by Gasteiger charge is -2.22. The number of methoxy groups -OCH3 is 1. The number of fused-ring (bicyclic) bond motifs is 2. The SMILES string of the molecule is CO[C@H]1CN=C(/C(=C\N)S(N)(=O)=NC(=O)Nc2c3c(cc4c2CCC4)CCC3)OC1. The number of carbonyl (C=O) groups is 1. The maximum Gasteiger partial charge on any atom is 0.354 e. The zero-order valence-corrected chi connectivity index (χ0v) is 17.8. The third-order valence-corrected chi connectivity index (χ3v) is 7.16. The first-order chi connectivity index (χ1) is 14.4. The van der Waals surface area contributed by atoms with Gasteiger partial charge in [-0.2, -0.15) is 0 Å². The third kappa shape index (κ3) is 3.94. The van der Waals surface area contributed by atoms with Gasteiger partial charge in [0.25, 0.3) is 0 Å². The van der Waals surface area contributed by atoms with Gasteiger partial charge >= 0.3 is 6.03 Å². The number of nitrogens with two attached hydrogens (primary N) is 2. The van der Waals surface area contributed by atoms with Crippen LogP contribution in [0.25, 0.3) is 0 Å². The van der Waals surface area contributed by atoms with Crippen molar-refractivity contribution in [3.8, 4) is 0 Å². The molecule has 10 heteroatoms. The second kappa shape index (κ2) is 8.37. The minimum Gasteiger partial charge on any atom is -0.474 e. The Morgan fingerprint density at radius 2 is 1.97 bits per heavy atom. The summed E-state index contributed by atoms with van der Waals surface area (Å²) < 4.78 is 27.4. The van der Waals surface area contributed by atoms with Gasteiger partial charge in [-0.25, -0.2) is 19.1 Å². The fourth-order valence-corrected chi connectivity index (χ4v) is 5.27. The van der Waals surface area contributed by atoms with Crippen LogP contribution in [0.5, 0.6) is 0 Å². The number of nitrogens with one attached hydrogen (secondary N) is 1. The smallest absolute Gasteiger partial charge is 0.354 e.